The van der Waals surface area contributed by atoms with Crippen molar-refractivity contribution in [1.82, 2.24) is 40.4 Å². The van der Waals surface area contributed by atoms with Gasteiger partial charge in [0.1, 0.15) is 40.6 Å². The third-order valence-electron chi connectivity index (χ3n) is 15.6. The molecule has 4 amide bonds. The highest BCUT2D eigenvalue weighted by Gasteiger charge is 2.53. The molecule has 5 aliphatic rings. The summed E-state index contributed by atoms with van der Waals surface area (Å²) < 4.78 is 38.1. The number of benzene rings is 1. The Balaban J connectivity index is 0.798. The smallest absolute Gasteiger partial charge is 0.260 e. The van der Waals surface area contributed by atoms with Gasteiger partial charge in [-0.25, -0.2) is 28.7 Å². The van der Waals surface area contributed by atoms with Crippen LogP contribution >= 0.6 is 34.7 Å². The van der Waals surface area contributed by atoms with Crippen molar-refractivity contribution in [3.8, 4) is 16.2 Å². The van der Waals surface area contributed by atoms with Crippen molar-refractivity contribution in [2.45, 2.75) is 145 Å². The molecule has 9 rings (SSSR count). The van der Waals surface area contributed by atoms with Gasteiger partial charge in [0.25, 0.3) is 11.8 Å². The highest BCUT2D eigenvalue weighted by molar-refractivity contribution is 7.99. The average Bonchev–Trinajstić information content (AvgIpc) is 3.81. The highest BCUT2D eigenvalue weighted by atomic mass is 35.5. The summed E-state index contributed by atoms with van der Waals surface area (Å²) in [4.78, 5) is 81.8. The minimum absolute atomic E-state index is 0.0147. The summed E-state index contributed by atoms with van der Waals surface area (Å²) in [6.45, 7) is 12.8. The predicted octanol–water partition coefficient (Wildman–Crippen LogP) is 6.66. The summed E-state index contributed by atoms with van der Waals surface area (Å²) in [5.41, 5.74) is 5.42. The Morgan fingerprint density at radius 2 is 1.65 bits per heavy atom. The number of anilines is 2. The summed E-state index contributed by atoms with van der Waals surface area (Å²) in [5, 5.41) is 17.4. The van der Waals surface area contributed by atoms with Gasteiger partial charge >= 0.3 is 0 Å². The largest absolute Gasteiger partial charge is 0.490 e. The zero-order valence-electron chi connectivity index (χ0n) is 43.3. The third-order valence-corrected chi connectivity index (χ3v) is 18.0. The number of thiazole rings is 1. The van der Waals surface area contributed by atoms with E-state index in [2.05, 4.69) is 42.4 Å². The van der Waals surface area contributed by atoms with Gasteiger partial charge in [-0.15, -0.1) is 11.3 Å². The van der Waals surface area contributed by atoms with Crippen molar-refractivity contribution < 1.29 is 37.8 Å². The minimum atomic E-state index is -2.06. The Kier molecular flexibility index (Phi) is 16.0. The van der Waals surface area contributed by atoms with Crippen LogP contribution in [-0.4, -0.2) is 146 Å². The first kappa shape index (κ1) is 54.6. The van der Waals surface area contributed by atoms with Crippen LogP contribution in [0.5, 0.6) is 5.75 Å². The van der Waals surface area contributed by atoms with Gasteiger partial charge in [-0.05, 0) is 67.7 Å². The van der Waals surface area contributed by atoms with Crippen molar-refractivity contribution in [3.63, 3.8) is 0 Å². The maximum atomic E-state index is 16.7. The maximum absolute atomic E-state index is 16.7. The van der Waals surface area contributed by atoms with E-state index in [1.165, 1.54) is 28.0 Å². The Morgan fingerprint density at radius 1 is 0.947 bits per heavy atom. The Labute approximate surface area is 450 Å². The number of aryl methyl sites for hydroxylation is 1. The molecule has 4 saturated heterocycles. The van der Waals surface area contributed by atoms with Crippen LogP contribution in [0.15, 0.2) is 58.3 Å². The van der Waals surface area contributed by atoms with E-state index in [0.29, 0.717) is 46.6 Å². The van der Waals surface area contributed by atoms with E-state index in [4.69, 9.17) is 22.1 Å². The molecule has 0 unspecified atom stereocenters. The normalized spacial score (nSPS) is 21.9. The van der Waals surface area contributed by atoms with E-state index in [1.54, 1.807) is 49.8 Å². The molecule has 1 aromatic carbocycles. The van der Waals surface area contributed by atoms with Crippen LogP contribution in [0, 0.1) is 17.8 Å². The molecular formula is C53H68ClF2N11O6S2. The Bertz CT molecular complexity index is 2740. The molecule has 1 aliphatic carbocycles. The second-order valence-corrected chi connectivity index (χ2v) is 24.6. The van der Waals surface area contributed by atoms with Gasteiger partial charge in [-0.2, -0.15) is 0 Å². The number of carbonyl (C=O) groups excluding carboxylic acids is 4. The minimum Gasteiger partial charge on any atom is -0.490 e. The lowest BCUT2D eigenvalue weighted by atomic mass is 9.80. The second-order valence-electron chi connectivity index (χ2n) is 22.3. The molecular weight excluding hydrogens is 1020 g/mol. The third kappa shape index (κ3) is 12.2. The number of piperidine rings is 3. The number of amides is 4. The topological polar surface area (TPSA) is 212 Å². The predicted molar refractivity (Wildman–Crippen MR) is 284 cm³/mol. The Morgan fingerprint density at radius 3 is 2.28 bits per heavy atom. The number of hydrogen-bond donors (Lipinski definition) is 4. The number of aliphatic hydroxyl groups is 1. The average molecular weight is 1090 g/mol. The molecule has 0 bridgehead atoms. The van der Waals surface area contributed by atoms with Crippen LogP contribution in [0.2, 0.25) is 5.02 Å². The number of likely N-dealkylation sites (tertiary alicyclic amines) is 2. The molecule has 4 aromatic rings. The monoisotopic (exact) mass is 1090 g/mol. The zero-order valence-corrected chi connectivity index (χ0v) is 45.6. The first-order valence-corrected chi connectivity index (χ1v) is 28.0. The van der Waals surface area contributed by atoms with E-state index < -0.39 is 58.6 Å². The fraction of sp³-hybridized carbons (Fsp3) is 0.585. The first-order valence-electron chi connectivity index (χ1n) is 25.9. The van der Waals surface area contributed by atoms with Crippen LogP contribution in [0.1, 0.15) is 96.7 Å². The van der Waals surface area contributed by atoms with E-state index in [-0.39, 0.29) is 82.9 Å². The number of rotatable bonds is 15. The quantitative estimate of drug-likeness (QED) is 0.0981. The van der Waals surface area contributed by atoms with Crippen molar-refractivity contribution in [2.24, 2.45) is 16.6 Å². The number of halogens is 3. The maximum Gasteiger partial charge on any atom is 0.260 e. The summed E-state index contributed by atoms with van der Waals surface area (Å²) in [6.07, 6.45) is 6.89. The van der Waals surface area contributed by atoms with Crippen molar-refractivity contribution in [2.75, 3.05) is 62.2 Å². The van der Waals surface area contributed by atoms with Crippen LogP contribution in [0.3, 0.4) is 0 Å². The number of alkyl halides is 2. The molecule has 22 heteroatoms. The molecule has 1 saturated carbocycles. The summed E-state index contributed by atoms with van der Waals surface area (Å²) in [6, 6.07) is 5.34. The van der Waals surface area contributed by atoms with Gasteiger partial charge in [0, 0.05) is 101 Å². The number of aliphatic hydroxyl groups excluding tert-OH is 1. The van der Waals surface area contributed by atoms with Gasteiger partial charge in [-0.3, -0.25) is 19.2 Å². The molecule has 404 valence electrons. The fourth-order valence-corrected chi connectivity index (χ4v) is 12.2. The summed E-state index contributed by atoms with van der Waals surface area (Å²) in [7, 11) is 0. The van der Waals surface area contributed by atoms with Crippen molar-refractivity contribution in [1.29, 1.82) is 0 Å². The van der Waals surface area contributed by atoms with Gasteiger partial charge in [0.15, 0.2) is 11.3 Å². The van der Waals surface area contributed by atoms with Crippen LogP contribution in [0.25, 0.3) is 10.4 Å². The van der Waals surface area contributed by atoms with E-state index >= 15 is 4.39 Å². The molecule has 3 aromatic heterocycles. The van der Waals surface area contributed by atoms with E-state index in [0.717, 1.165) is 52.8 Å². The van der Waals surface area contributed by atoms with E-state index in [1.807, 2.05) is 36.1 Å². The van der Waals surface area contributed by atoms with Crippen LogP contribution in [0.4, 0.5) is 20.4 Å². The molecule has 0 radical (unpaired) electrons. The number of ether oxygens (including phenoxy) is 1. The lowest BCUT2D eigenvalue weighted by Gasteiger charge is -2.40. The van der Waals surface area contributed by atoms with E-state index in [9.17, 15) is 28.7 Å². The number of nitrogens with two attached hydrogens (primary N) is 1. The zero-order chi connectivity index (χ0) is 53.5. The standard InChI is InChI=1S/C53H68ClF2N11O6S2/c1-32-43(74-31-62-32)33-6-7-34(26-61-46(69)37-25-35(68)29-67(37)47(70)44(50(2,3)4)63-48(71)52(55)11-12-52)38(24-33)73-36-9-18-66(19-10-36)49(72)53(56)15-22-65(23-16-53)45-42(54)39(8-17-58-45)75-41-28-59-40(27-60-41)64-20-13-51(5,30-57)14-21-64/h6-8,17,24,27-28,31,35-37,44,68H,9-16,18-23,25-26,29-30,57H2,1-5H3,(H,61,69)(H,63,71)/t35-,37+,44-/m1/s1. The number of nitrogens with zero attached hydrogens (tertiary/aromatic N) is 8. The first-order chi connectivity index (χ1) is 35.7. The fourth-order valence-electron chi connectivity index (χ4n) is 10.3. The SMILES string of the molecule is Cc1ncsc1-c1ccc(CNC(=O)[C@@H]2C[C@@H](O)CN2C(=O)[C@@H](NC(=O)C2(F)CC2)C(C)(C)C)c(OC2CCN(C(=O)C3(F)CCN(c4nccc(Sc5cnc(N6CCC(C)(CN)CC6)cn5)c4Cl)CC3)CC2)c1. The molecule has 75 heavy (non-hydrogen) atoms. The molecule has 7 heterocycles. The van der Waals surface area contributed by atoms with Gasteiger partial charge in [0.05, 0.1) is 39.6 Å². The number of β-amino-alcohol motifs (C(OH)–C–C–N with tert-alkyl or cyclic N) is 1. The second kappa shape index (κ2) is 22.0. The van der Waals surface area contributed by atoms with Crippen LogP contribution < -0.4 is 30.9 Å². The van der Waals surface area contributed by atoms with Gasteiger partial charge < -0.3 is 45.8 Å². The molecule has 5 fully saturated rings. The number of pyridine rings is 1. The summed E-state index contributed by atoms with van der Waals surface area (Å²) >= 11 is 9.82. The number of hydrogen-bond acceptors (Lipinski definition) is 15. The molecule has 17 nitrogen and oxygen atoms in total. The lowest BCUT2D eigenvalue weighted by Crippen LogP contribution is -2.59. The van der Waals surface area contributed by atoms with Crippen LogP contribution in [-0.2, 0) is 25.7 Å². The number of nitrogens with one attached hydrogen (secondary N) is 2. The number of aromatic nitrogens is 4. The molecule has 5 N–H and O–H groups in total. The molecule has 3 atom stereocenters. The highest BCUT2D eigenvalue weighted by Crippen LogP contribution is 2.42. The number of carbonyl (C=O) groups is 4. The van der Waals surface area contributed by atoms with Gasteiger partial charge in [0.2, 0.25) is 11.8 Å². The summed E-state index contributed by atoms with van der Waals surface area (Å²) in [5.74, 6) is -0.598. The molecule has 0 spiro atoms. The lowest BCUT2D eigenvalue weighted by molar-refractivity contribution is -0.147. The Hall–Kier alpha value is -5.22. The van der Waals surface area contributed by atoms with Gasteiger partial charge in [-0.1, -0.05) is 63.2 Å². The van der Waals surface area contributed by atoms with Crippen molar-refractivity contribution in [3.05, 3.63) is 64.6 Å². The van der Waals surface area contributed by atoms with Crippen molar-refractivity contribution >= 4 is 70.0 Å². The molecule has 4 aliphatic heterocycles.